The van der Waals surface area contributed by atoms with Gasteiger partial charge in [-0.1, -0.05) is 53.9 Å². The maximum absolute atomic E-state index is 12.3. The fraction of sp³-hybridized carbons (Fsp3) is 0.935. The average Bonchev–Trinajstić information content (AvgIpc) is 3.12. The highest BCUT2D eigenvalue weighted by Gasteiger charge is 2.68. The van der Waals surface area contributed by atoms with Crippen LogP contribution < -0.4 is 0 Å². The lowest BCUT2D eigenvalue weighted by Crippen LogP contribution is -2.69. The van der Waals surface area contributed by atoms with E-state index in [1.54, 1.807) is 0 Å². The molecule has 0 aromatic carbocycles. The summed E-state index contributed by atoms with van der Waals surface area (Å²) in [6.45, 7) is 14.8. The van der Waals surface area contributed by atoms with E-state index in [-0.39, 0.29) is 23.5 Å². The predicted octanol–water partition coefficient (Wildman–Crippen LogP) is 6.70. The van der Waals surface area contributed by atoms with Gasteiger partial charge in [0.25, 0.3) is 0 Å². The molecule has 0 aromatic rings. The number of hydrogen-bond acceptors (Lipinski definition) is 5. The first-order valence-electron chi connectivity index (χ1n) is 14.9. The molecule has 1 N–H and O–H groups in total. The molecule has 4 fully saturated rings. The average molecular weight is 505 g/mol. The Labute approximate surface area is 219 Å². The second-order valence-electron chi connectivity index (χ2n) is 14.1. The molecule has 5 nitrogen and oxygen atoms in total. The second kappa shape index (κ2) is 10.2. The Morgan fingerprint density at radius 3 is 2.25 bits per heavy atom. The van der Waals surface area contributed by atoms with Gasteiger partial charge in [-0.3, -0.25) is 9.59 Å². The second-order valence-corrected chi connectivity index (χ2v) is 14.1. The highest BCUT2D eigenvalue weighted by atomic mass is 16.6. The van der Waals surface area contributed by atoms with Crippen LogP contribution in [0.25, 0.3) is 0 Å². The van der Waals surface area contributed by atoms with Crippen molar-refractivity contribution in [3.05, 3.63) is 0 Å². The Bertz CT molecular complexity index is 824. The van der Waals surface area contributed by atoms with Crippen LogP contribution in [0.1, 0.15) is 119 Å². The lowest BCUT2D eigenvalue weighted by molar-refractivity contribution is -0.271. The molecule has 36 heavy (non-hydrogen) atoms. The molecule has 0 aromatic heterocycles. The summed E-state index contributed by atoms with van der Waals surface area (Å²) in [6.07, 6.45) is 10.7. The highest BCUT2D eigenvalue weighted by Crippen LogP contribution is 2.69. The normalized spacial score (nSPS) is 44.8. The van der Waals surface area contributed by atoms with Gasteiger partial charge >= 0.3 is 11.9 Å². The van der Waals surface area contributed by atoms with E-state index < -0.39 is 11.7 Å². The Balaban J connectivity index is 1.59. The van der Waals surface area contributed by atoms with E-state index in [1.165, 1.54) is 52.4 Å². The summed E-state index contributed by atoms with van der Waals surface area (Å²) in [7, 11) is 0. The van der Waals surface area contributed by atoms with Gasteiger partial charge in [0.1, 0.15) is 17.8 Å². The van der Waals surface area contributed by atoms with Crippen LogP contribution in [0.15, 0.2) is 0 Å². The smallest absolute Gasteiger partial charge is 0.303 e. The first-order valence-corrected chi connectivity index (χ1v) is 14.9. The van der Waals surface area contributed by atoms with E-state index in [4.69, 9.17) is 9.47 Å². The molecule has 0 bridgehead atoms. The van der Waals surface area contributed by atoms with Crippen molar-refractivity contribution in [2.45, 2.75) is 137 Å². The van der Waals surface area contributed by atoms with E-state index in [0.717, 1.165) is 43.4 Å². The maximum atomic E-state index is 12.3. The first kappa shape index (κ1) is 27.9. The third-order valence-corrected chi connectivity index (χ3v) is 11.6. The molecule has 0 amide bonds. The number of carbonyl (C=O) groups excluding carboxylic acids is 2. The minimum atomic E-state index is -1.16. The van der Waals surface area contributed by atoms with Crippen molar-refractivity contribution in [1.82, 2.24) is 0 Å². The van der Waals surface area contributed by atoms with Gasteiger partial charge < -0.3 is 14.6 Å². The van der Waals surface area contributed by atoms with Gasteiger partial charge in [-0.05, 0) is 85.9 Å². The van der Waals surface area contributed by atoms with Gasteiger partial charge in [0.2, 0.25) is 0 Å². The standard InChI is InChI=1S/C31H52O5/c1-19(2)9-8-10-20(3)25-11-12-26-24-17-28(36-22(5)33)31(34)18-23(35-21(4)32)13-16-30(31,7)27(24)14-15-29(25,26)6/h19-20,23-28,34H,8-18H2,1-7H3/t20-,23-,24-,25+,26-,27-,28-,29-,30-,31+/m1/s1. The summed E-state index contributed by atoms with van der Waals surface area (Å²) in [5, 5.41) is 12.3. The largest absolute Gasteiger partial charge is 0.462 e. The molecule has 4 saturated carbocycles. The van der Waals surface area contributed by atoms with Crippen molar-refractivity contribution >= 4 is 11.9 Å². The van der Waals surface area contributed by atoms with Crippen LogP contribution in [0.2, 0.25) is 0 Å². The van der Waals surface area contributed by atoms with E-state index in [9.17, 15) is 14.7 Å². The molecule has 0 radical (unpaired) electrons. The Kier molecular flexibility index (Phi) is 7.93. The molecule has 0 spiro atoms. The number of carbonyl (C=O) groups is 2. The molecule has 0 aliphatic heterocycles. The molecule has 4 aliphatic rings. The lowest BCUT2D eigenvalue weighted by atomic mass is 9.42. The zero-order chi connectivity index (χ0) is 26.5. The van der Waals surface area contributed by atoms with Crippen LogP contribution in [-0.4, -0.2) is 34.9 Å². The Morgan fingerprint density at radius 1 is 0.917 bits per heavy atom. The Morgan fingerprint density at radius 2 is 1.61 bits per heavy atom. The maximum Gasteiger partial charge on any atom is 0.303 e. The Hall–Kier alpha value is -1.10. The van der Waals surface area contributed by atoms with Crippen molar-refractivity contribution in [3.8, 4) is 0 Å². The lowest BCUT2D eigenvalue weighted by Gasteiger charge is -2.65. The van der Waals surface area contributed by atoms with Crippen LogP contribution in [0.5, 0.6) is 0 Å². The number of fused-ring (bicyclic) bond motifs is 5. The monoisotopic (exact) mass is 504 g/mol. The molecule has 10 atom stereocenters. The molecule has 0 heterocycles. The third-order valence-electron chi connectivity index (χ3n) is 11.6. The van der Waals surface area contributed by atoms with E-state index in [0.29, 0.717) is 29.6 Å². The number of aliphatic hydroxyl groups is 1. The van der Waals surface area contributed by atoms with E-state index in [2.05, 4.69) is 34.6 Å². The fourth-order valence-corrected chi connectivity index (χ4v) is 9.92. The summed E-state index contributed by atoms with van der Waals surface area (Å²) in [5.74, 6) is 3.15. The molecule has 0 unspecified atom stereocenters. The van der Waals surface area contributed by atoms with Gasteiger partial charge in [-0.15, -0.1) is 0 Å². The molecule has 206 valence electrons. The zero-order valence-electron chi connectivity index (χ0n) is 24.0. The van der Waals surface area contributed by atoms with Gasteiger partial charge in [0.15, 0.2) is 0 Å². The van der Waals surface area contributed by atoms with Gasteiger partial charge in [-0.2, -0.15) is 0 Å². The quantitative estimate of drug-likeness (QED) is 0.391. The number of esters is 2. The SMILES string of the molecule is CC(=O)O[C@@H]1CC[C@]2(C)[C@@H]3CC[C@@]4(C)[C@H](CC[C@H]4[C@H](C)CCCC(C)C)[C@H]3C[C@@H](OC(C)=O)[C@@]2(O)C1. The molecule has 4 rings (SSSR count). The van der Waals surface area contributed by atoms with Gasteiger partial charge in [-0.25, -0.2) is 0 Å². The number of rotatable bonds is 7. The minimum absolute atomic E-state index is 0.308. The van der Waals surface area contributed by atoms with Crippen molar-refractivity contribution in [2.24, 2.45) is 46.3 Å². The van der Waals surface area contributed by atoms with Gasteiger partial charge in [0.05, 0.1) is 0 Å². The van der Waals surface area contributed by atoms with Crippen LogP contribution in [0.3, 0.4) is 0 Å². The zero-order valence-corrected chi connectivity index (χ0v) is 24.0. The van der Waals surface area contributed by atoms with Crippen LogP contribution >= 0.6 is 0 Å². The van der Waals surface area contributed by atoms with Crippen LogP contribution in [0, 0.1) is 46.3 Å². The van der Waals surface area contributed by atoms with Crippen molar-refractivity contribution in [3.63, 3.8) is 0 Å². The summed E-state index contributed by atoms with van der Waals surface area (Å²) in [4.78, 5) is 23.9. The molecule has 4 aliphatic carbocycles. The number of hydrogen-bond donors (Lipinski definition) is 1. The molecular formula is C31H52O5. The molecular weight excluding hydrogens is 452 g/mol. The first-order chi connectivity index (χ1) is 16.8. The minimum Gasteiger partial charge on any atom is -0.462 e. The van der Waals surface area contributed by atoms with Crippen LogP contribution in [-0.2, 0) is 19.1 Å². The van der Waals surface area contributed by atoms with Crippen molar-refractivity contribution in [2.75, 3.05) is 0 Å². The van der Waals surface area contributed by atoms with Crippen molar-refractivity contribution in [1.29, 1.82) is 0 Å². The summed E-state index contributed by atoms with van der Waals surface area (Å²) in [5.41, 5.74) is -1.16. The molecule has 5 heteroatoms. The van der Waals surface area contributed by atoms with E-state index >= 15 is 0 Å². The summed E-state index contributed by atoms with van der Waals surface area (Å²) < 4.78 is 11.5. The highest BCUT2D eigenvalue weighted by molar-refractivity contribution is 5.66. The summed E-state index contributed by atoms with van der Waals surface area (Å²) >= 11 is 0. The topological polar surface area (TPSA) is 72.8 Å². The summed E-state index contributed by atoms with van der Waals surface area (Å²) in [6, 6.07) is 0. The molecule has 0 saturated heterocycles. The third kappa shape index (κ3) is 4.76. The van der Waals surface area contributed by atoms with Crippen molar-refractivity contribution < 1.29 is 24.2 Å². The van der Waals surface area contributed by atoms with Gasteiger partial charge in [0, 0.05) is 25.7 Å². The predicted molar refractivity (Wildman–Crippen MR) is 141 cm³/mol. The van der Waals surface area contributed by atoms with E-state index in [1.807, 2.05) is 0 Å². The fourth-order valence-electron chi connectivity index (χ4n) is 9.92. The van der Waals surface area contributed by atoms with Crippen LogP contribution in [0.4, 0.5) is 0 Å². The number of ether oxygens (including phenoxy) is 2.